The molecule has 4 rings (SSSR count). The lowest BCUT2D eigenvalue weighted by atomic mass is 9.81. The molecule has 3 N–H and O–H groups in total. The fourth-order valence-electron chi connectivity index (χ4n) is 3.82. The summed E-state index contributed by atoms with van der Waals surface area (Å²) < 4.78 is 73.4. The van der Waals surface area contributed by atoms with E-state index in [0.29, 0.717) is 0 Å². The Morgan fingerprint density at radius 3 is 2.54 bits per heavy atom. The molecule has 35 heavy (non-hydrogen) atoms. The van der Waals surface area contributed by atoms with Crippen LogP contribution in [0.2, 0.25) is 5.02 Å². The Bertz CT molecular complexity index is 1290. The number of sulfonamides is 1. The Morgan fingerprint density at radius 2 is 1.91 bits per heavy atom. The van der Waals surface area contributed by atoms with Gasteiger partial charge in [0.1, 0.15) is 17.7 Å². The molecular weight excluding hydrogens is 515 g/mol. The monoisotopic (exact) mass is 533 g/mol. The highest BCUT2D eigenvalue weighted by atomic mass is 35.5. The van der Waals surface area contributed by atoms with Crippen LogP contribution >= 0.6 is 11.6 Å². The maximum absolute atomic E-state index is 13.6. The lowest BCUT2D eigenvalue weighted by Crippen LogP contribution is -2.51. The van der Waals surface area contributed by atoms with E-state index in [9.17, 15) is 31.2 Å². The minimum absolute atomic E-state index is 0.00194. The predicted octanol–water partition coefficient (Wildman–Crippen LogP) is 3.69. The van der Waals surface area contributed by atoms with Gasteiger partial charge in [0.05, 0.1) is 28.7 Å². The zero-order valence-electron chi connectivity index (χ0n) is 17.8. The normalized spacial score (nSPS) is 19.2. The third-order valence-electron chi connectivity index (χ3n) is 5.59. The van der Waals surface area contributed by atoms with Crippen LogP contribution in [0.4, 0.5) is 29.3 Å². The number of nitrogens with zero attached hydrogens (tertiary/aromatic N) is 1. The summed E-state index contributed by atoms with van der Waals surface area (Å²) >= 11 is 5.76. The number of nitrogens with one attached hydrogen (secondary N) is 2. The molecule has 1 aliphatic heterocycles. The largest absolute Gasteiger partial charge is 0.484 e. The zero-order chi connectivity index (χ0) is 25.5. The number of amides is 2. The van der Waals surface area contributed by atoms with E-state index < -0.39 is 63.6 Å². The first-order valence-electron chi connectivity index (χ1n) is 10.3. The Hall–Kier alpha value is -3.19. The number of hydrogen-bond donors (Lipinski definition) is 3. The number of carboxylic acid groups (broad SMARTS) is 1. The van der Waals surface area contributed by atoms with Gasteiger partial charge in [-0.2, -0.15) is 0 Å². The topological polar surface area (TPSA) is 125 Å². The fraction of sp³-hybridized carbons (Fsp3) is 0.333. The smallest absolute Gasteiger partial charge is 0.409 e. The number of fused-ring (bicyclic) bond motifs is 1. The predicted molar refractivity (Wildman–Crippen MR) is 119 cm³/mol. The lowest BCUT2D eigenvalue weighted by Gasteiger charge is -2.37. The number of carbonyl (C=O) groups excluding carboxylic acids is 1. The maximum Gasteiger partial charge on any atom is 0.409 e. The first-order valence-corrected chi connectivity index (χ1v) is 12.1. The first-order chi connectivity index (χ1) is 16.4. The minimum atomic E-state index is -4.34. The van der Waals surface area contributed by atoms with E-state index in [0.717, 1.165) is 22.5 Å². The van der Waals surface area contributed by atoms with Crippen LogP contribution in [-0.4, -0.2) is 50.6 Å². The van der Waals surface area contributed by atoms with Gasteiger partial charge in [0.15, 0.2) is 0 Å². The van der Waals surface area contributed by atoms with Gasteiger partial charge < -0.3 is 15.2 Å². The number of alkyl halides is 2. The summed E-state index contributed by atoms with van der Waals surface area (Å²) in [5, 5.41) is 13.2. The summed E-state index contributed by atoms with van der Waals surface area (Å²) in [6.45, 7) is -0.492. The van der Waals surface area contributed by atoms with Crippen LogP contribution in [0, 0.1) is 11.7 Å². The quantitative estimate of drug-likeness (QED) is 0.520. The molecule has 2 aromatic rings. The van der Waals surface area contributed by atoms with Crippen molar-refractivity contribution in [3.05, 3.63) is 47.2 Å². The molecule has 1 unspecified atom stereocenters. The summed E-state index contributed by atoms with van der Waals surface area (Å²) in [4.78, 5) is 22.9. The minimum Gasteiger partial charge on any atom is -0.484 e. The molecule has 9 nitrogen and oxygen atoms in total. The summed E-state index contributed by atoms with van der Waals surface area (Å²) in [5.74, 6) is -5.05. The zero-order valence-corrected chi connectivity index (χ0v) is 19.4. The van der Waals surface area contributed by atoms with Crippen molar-refractivity contribution in [1.82, 2.24) is 5.32 Å². The average Bonchev–Trinajstić information content (AvgIpc) is 2.76. The van der Waals surface area contributed by atoms with Gasteiger partial charge in [-0.15, -0.1) is 0 Å². The van der Waals surface area contributed by atoms with Gasteiger partial charge in [-0.25, -0.2) is 26.4 Å². The van der Waals surface area contributed by atoms with E-state index in [1.54, 1.807) is 0 Å². The second kappa shape index (κ2) is 9.11. The molecule has 0 bridgehead atoms. The molecule has 0 aromatic heterocycles. The van der Waals surface area contributed by atoms with Gasteiger partial charge in [0, 0.05) is 24.4 Å². The second-order valence-corrected chi connectivity index (χ2v) is 10.4. The summed E-state index contributed by atoms with van der Waals surface area (Å²) in [6.07, 6.45) is -3.39. The first kappa shape index (κ1) is 24.9. The van der Waals surface area contributed by atoms with Gasteiger partial charge in [0.25, 0.3) is 10.0 Å². The maximum atomic E-state index is 13.6. The molecule has 188 valence electrons. The highest BCUT2D eigenvalue weighted by Gasteiger charge is 2.48. The Labute approximate surface area is 202 Å². The van der Waals surface area contributed by atoms with Gasteiger partial charge >= 0.3 is 6.09 Å². The van der Waals surface area contributed by atoms with Crippen LogP contribution in [0.15, 0.2) is 41.3 Å². The van der Waals surface area contributed by atoms with Crippen molar-refractivity contribution in [2.75, 3.05) is 22.7 Å². The Morgan fingerprint density at radius 1 is 1.20 bits per heavy atom. The van der Waals surface area contributed by atoms with Crippen LogP contribution in [0.3, 0.4) is 0 Å². The van der Waals surface area contributed by atoms with Gasteiger partial charge in [-0.1, -0.05) is 11.6 Å². The molecule has 2 aliphatic rings. The average molecular weight is 534 g/mol. The number of carbonyl (C=O) groups is 2. The van der Waals surface area contributed by atoms with Crippen molar-refractivity contribution in [2.45, 2.75) is 29.8 Å². The standard InChI is InChI=1S/C21H19ClF3N3O6S/c22-15-6-14(2-3-16(15)23)35(32,33)28-10-13(9-26-19(29)11-7-21(24,25)8-11)34-18-4-1-12(5-17(18)28)27-20(30)31/h1-6,11,13,27H,7-10H2,(H,26,29)(H,30,31). The number of rotatable bonds is 6. The molecule has 1 atom stereocenters. The summed E-state index contributed by atoms with van der Waals surface area (Å²) in [5.41, 5.74) is 0.0627. The summed E-state index contributed by atoms with van der Waals surface area (Å²) in [6, 6.07) is 6.81. The highest BCUT2D eigenvalue weighted by molar-refractivity contribution is 7.92. The highest BCUT2D eigenvalue weighted by Crippen LogP contribution is 2.42. The number of hydrogen-bond acceptors (Lipinski definition) is 5. The third-order valence-corrected chi connectivity index (χ3v) is 7.65. The van der Waals surface area contributed by atoms with Crippen LogP contribution < -0.4 is 19.7 Å². The molecule has 1 saturated carbocycles. The van der Waals surface area contributed by atoms with E-state index in [4.69, 9.17) is 21.4 Å². The SMILES string of the molecule is O=C(O)Nc1ccc2c(c1)N(S(=O)(=O)c1ccc(F)c(Cl)c1)CC(CNC(=O)C1CC(F)(F)C1)O2. The van der Waals surface area contributed by atoms with Gasteiger partial charge in [-0.3, -0.25) is 14.4 Å². The van der Waals surface area contributed by atoms with Crippen molar-refractivity contribution >= 4 is 45.0 Å². The number of anilines is 2. The summed E-state index contributed by atoms with van der Waals surface area (Å²) in [7, 11) is -4.34. The van der Waals surface area contributed by atoms with Crippen molar-refractivity contribution < 1.29 is 41.0 Å². The van der Waals surface area contributed by atoms with Gasteiger partial charge in [0.2, 0.25) is 11.8 Å². The molecular formula is C21H19ClF3N3O6S. The lowest BCUT2D eigenvalue weighted by molar-refractivity contribution is -0.150. The van der Waals surface area contributed by atoms with Crippen LogP contribution in [0.1, 0.15) is 12.8 Å². The molecule has 0 saturated heterocycles. The number of benzene rings is 2. The van der Waals surface area contributed by atoms with E-state index in [-0.39, 0.29) is 35.1 Å². The fourth-order valence-corrected chi connectivity index (χ4v) is 5.59. The van der Waals surface area contributed by atoms with Crippen LogP contribution in [0.25, 0.3) is 0 Å². The van der Waals surface area contributed by atoms with Crippen LogP contribution in [-0.2, 0) is 14.8 Å². The van der Waals surface area contributed by atoms with Crippen LogP contribution in [0.5, 0.6) is 5.75 Å². The van der Waals surface area contributed by atoms with E-state index in [1.165, 1.54) is 18.2 Å². The van der Waals surface area contributed by atoms with Gasteiger partial charge in [-0.05, 0) is 36.4 Å². The number of halogens is 4. The molecule has 2 amide bonds. The third kappa shape index (κ3) is 5.25. The Balaban J connectivity index is 1.62. The van der Waals surface area contributed by atoms with Crippen molar-refractivity contribution in [3.63, 3.8) is 0 Å². The molecule has 2 aromatic carbocycles. The second-order valence-electron chi connectivity index (χ2n) is 8.17. The molecule has 1 fully saturated rings. The van der Waals surface area contributed by atoms with Crippen molar-refractivity contribution in [3.8, 4) is 5.75 Å². The Kier molecular flexibility index (Phi) is 6.49. The van der Waals surface area contributed by atoms with Crippen molar-refractivity contribution in [2.24, 2.45) is 5.92 Å². The molecule has 1 heterocycles. The number of ether oxygens (including phenoxy) is 1. The van der Waals surface area contributed by atoms with E-state index in [1.807, 2.05) is 0 Å². The van der Waals surface area contributed by atoms with E-state index >= 15 is 0 Å². The van der Waals surface area contributed by atoms with Crippen molar-refractivity contribution in [1.29, 1.82) is 0 Å². The molecule has 1 aliphatic carbocycles. The molecule has 14 heteroatoms. The van der Waals surface area contributed by atoms with E-state index in [2.05, 4.69) is 10.6 Å². The molecule has 0 spiro atoms. The molecule has 0 radical (unpaired) electrons.